The number of carbonyl (C=O) groups is 1. The lowest BCUT2D eigenvalue weighted by atomic mass is 9.78. The molecular formula is C7H9BO4S. The van der Waals surface area contributed by atoms with Gasteiger partial charge in [-0.2, -0.15) is 0 Å². The van der Waals surface area contributed by atoms with Crippen LogP contribution in [0.15, 0.2) is 5.38 Å². The van der Waals surface area contributed by atoms with E-state index in [0.717, 1.165) is 11.3 Å². The average Bonchev–Trinajstić information content (AvgIpc) is 2.45. The molecule has 0 spiro atoms. The zero-order valence-corrected chi connectivity index (χ0v) is 8.09. The van der Waals surface area contributed by atoms with Gasteiger partial charge >= 0.3 is 13.1 Å². The second-order valence-corrected chi connectivity index (χ2v) is 3.41. The van der Waals surface area contributed by atoms with Crippen molar-refractivity contribution in [1.82, 2.24) is 0 Å². The Kier molecular flexibility index (Phi) is 3.08. The summed E-state index contributed by atoms with van der Waals surface area (Å²) in [5.74, 6) is -0.541. The molecule has 0 saturated heterocycles. The van der Waals surface area contributed by atoms with E-state index >= 15 is 0 Å². The van der Waals surface area contributed by atoms with Crippen LogP contribution in [-0.2, 0) is 4.74 Å². The van der Waals surface area contributed by atoms with Crippen LogP contribution in [0.3, 0.4) is 0 Å². The standard InChI is InChI=1S/C7H9BO4S/c1-4-3-13-6(7(9)12-2)5(4)8(10)11/h3,10-11H,1-2H3. The molecule has 0 amide bonds. The summed E-state index contributed by atoms with van der Waals surface area (Å²) in [7, 11) is -0.370. The Balaban J connectivity index is 3.15. The van der Waals surface area contributed by atoms with Crippen LogP contribution in [0, 0.1) is 6.92 Å². The maximum atomic E-state index is 11.1. The minimum Gasteiger partial charge on any atom is -0.465 e. The number of esters is 1. The summed E-state index contributed by atoms with van der Waals surface area (Å²) in [6.45, 7) is 1.71. The van der Waals surface area contributed by atoms with E-state index in [1.807, 2.05) is 0 Å². The summed E-state index contributed by atoms with van der Waals surface area (Å²) in [6.07, 6.45) is 0. The number of rotatable bonds is 2. The number of thiophene rings is 1. The number of hydrogen-bond acceptors (Lipinski definition) is 5. The lowest BCUT2D eigenvalue weighted by molar-refractivity contribution is 0.0607. The SMILES string of the molecule is COC(=O)c1scc(C)c1B(O)O. The third-order valence-corrected chi connectivity index (χ3v) is 2.75. The molecule has 0 aliphatic carbocycles. The van der Waals surface area contributed by atoms with E-state index in [1.165, 1.54) is 7.11 Å². The first-order chi connectivity index (χ1) is 6.07. The maximum Gasteiger partial charge on any atom is 0.490 e. The number of carbonyl (C=O) groups excluding carboxylic acids is 1. The second-order valence-electron chi connectivity index (χ2n) is 2.53. The van der Waals surface area contributed by atoms with Gasteiger partial charge in [0.15, 0.2) is 0 Å². The number of aryl methyl sites for hydroxylation is 1. The average molecular weight is 200 g/mol. The van der Waals surface area contributed by atoms with Crippen LogP contribution < -0.4 is 5.46 Å². The molecule has 4 nitrogen and oxygen atoms in total. The largest absolute Gasteiger partial charge is 0.490 e. The highest BCUT2D eigenvalue weighted by molar-refractivity contribution is 7.13. The van der Waals surface area contributed by atoms with Crippen molar-refractivity contribution in [3.8, 4) is 0 Å². The van der Waals surface area contributed by atoms with E-state index in [4.69, 9.17) is 10.0 Å². The maximum absolute atomic E-state index is 11.1. The van der Waals surface area contributed by atoms with Gasteiger partial charge in [-0.15, -0.1) is 11.3 Å². The minimum atomic E-state index is -1.62. The van der Waals surface area contributed by atoms with Crippen molar-refractivity contribution in [1.29, 1.82) is 0 Å². The van der Waals surface area contributed by atoms with Gasteiger partial charge in [-0.05, 0) is 17.9 Å². The molecule has 1 aromatic rings. The smallest absolute Gasteiger partial charge is 0.465 e. The van der Waals surface area contributed by atoms with Crippen LogP contribution >= 0.6 is 11.3 Å². The molecule has 0 fully saturated rings. The van der Waals surface area contributed by atoms with Crippen molar-refractivity contribution < 1.29 is 19.6 Å². The van der Waals surface area contributed by atoms with Gasteiger partial charge in [0.1, 0.15) is 4.88 Å². The Bertz CT molecular complexity index is 320. The van der Waals surface area contributed by atoms with Crippen LogP contribution in [0.1, 0.15) is 15.2 Å². The molecule has 2 N–H and O–H groups in total. The predicted octanol–water partition coefficient (Wildman–Crippen LogP) is -0.477. The van der Waals surface area contributed by atoms with E-state index in [0.29, 0.717) is 5.56 Å². The lowest BCUT2D eigenvalue weighted by Gasteiger charge is -2.01. The Labute approximate surface area is 79.9 Å². The van der Waals surface area contributed by atoms with E-state index in [9.17, 15) is 4.79 Å². The Morgan fingerprint density at radius 1 is 1.62 bits per heavy atom. The Morgan fingerprint density at radius 2 is 2.23 bits per heavy atom. The normalized spacial score (nSPS) is 9.85. The van der Waals surface area contributed by atoms with E-state index in [1.54, 1.807) is 12.3 Å². The Hall–Kier alpha value is -0.845. The first-order valence-corrected chi connectivity index (χ1v) is 4.48. The fourth-order valence-electron chi connectivity index (χ4n) is 1.03. The predicted molar refractivity (Wildman–Crippen MR) is 50.2 cm³/mol. The second kappa shape index (κ2) is 3.91. The van der Waals surface area contributed by atoms with Gasteiger partial charge in [0.25, 0.3) is 0 Å². The van der Waals surface area contributed by atoms with Crippen LogP contribution in [0.4, 0.5) is 0 Å². The fraction of sp³-hybridized carbons (Fsp3) is 0.286. The van der Waals surface area contributed by atoms with Gasteiger partial charge in [0, 0.05) is 5.46 Å². The van der Waals surface area contributed by atoms with Crippen LogP contribution in [-0.4, -0.2) is 30.2 Å². The third kappa shape index (κ3) is 1.90. The molecule has 0 atom stereocenters. The zero-order valence-electron chi connectivity index (χ0n) is 7.27. The summed E-state index contributed by atoms with van der Waals surface area (Å²) in [5, 5.41) is 19.6. The molecule has 0 saturated carbocycles. The summed E-state index contributed by atoms with van der Waals surface area (Å²) >= 11 is 1.14. The summed E-state index contributed by atoms with van der Waals surface area (Å²) in [4.78, 5) is 11.4. The van der Waals surface area contributed by atoms with Crippen molar-refractivity contribution in [2.75, 3.05) is 7.11 Å². The van der Waals surface area contributed by atoms with Crippen molar-refractivity contribution in [2.45, 2.75) is 6.92 Å². The van der Waals surface area contributed by atoms with E-state index in [-0.39, 0.29) is 10.3 Å². The van der Waals surface area contributed by atoms with Gasteiger partial charge in [0.05, 0.1) is 7.11 Å². The van der Waals surface area contributed by atoms with E-state index < -0.39 is 13.1 Å². The summed E-state index contributed by atoms with van der Waals surface area (Å²) < 4.78 is 4.49. The summed E-state index contributed by atoms with van der Waals surface area (Å²) in [5.41, 5.74) is 0.914. The topological polar surface area (TPSA) is 66.8 Å². The van der Waals surface area contributed by atoms with Gasteiger partial charge in [-0.1, -0.05) is 0 Å². The first-order valence-electron chi connectivity index (χ1n) is 3.60. The van der Waals surface area contributed by atoms with Crippen LogP contribution in [0.2, 0.25) is 0 Å². The molecule has 1 rings (SSSR count). The third-order valence-electron chi connectivity index (χ3n) is 1.65. The minimum absolute atomic E-state index is 0.233. The molecule has 0 unspecified atom stereocenters. The van der Waals surface area contributed by atoms with Crippen molar-refractivity contribution in [3.05, 3.63) is 15.8 Å². The zero-order chi connectivity index (χ0) is 10.0. The molecule has 1 aromatic heterocycles. The molecule has 6 heteroatoms. The number of ether oxygens (including phenoxy) is 1. The van der Waals surface area contributed by atoms with Gasteiger partial charge < -0.3 is 14.8 Å². The van der Waals surface area contributed by atoms with Crippen molar-refractivity contribution >= 4 is 29.9 Å². The molecule has 70 valence electrons. The summed E-state index contributed by atoms with van der Waals surface area (Å²) in [6, 6.07) is 0. The van der Waals surface area contributed by atoms with Crippen molar-refractivity contribution in [3.63, 3.8) is 0 Å². The molecule has 1 heterocycles. The molecule has 0 aliphatic rings. The molecule has 0 bridgehead atoms. The van der Waals surface area contributed by atoms with Crippen LogP contribution in [0.5, 0.6) is 0 Å². The lowest BCUT2D eigenvalue weighted by Crippen LogP contribution is -2.34. The molecule has 13 heavy (non-hydrogen) atoms. The monoisotopic (exact) mass is 200 g/mol. The highest BCUT2D eigenvalue weighted by Crippen LogP contribution is 2.12. The van der Waals surface area contributed by atoms with Gasteiger partial charge in [-0.3, -0.25) is 0 Å². The Morgan fingerprint density at radius 3 is 2.69 bits per heavy atom. The number of hydrogen-bond donors (Lipinski definition) is 2. The highest BCUT2D eigenvalue weighted by Gasteiger charge is 2.25. The van der Waals surface area contributed by atoms with E-state index in [2.05, 4.69) is 4.74 Å². The fourth-order valence-corrected chi connectivity index (χ4v) is 2.02. The molecular weight excluding hydrogens is 191 g/mol. The van der Waals surface area contributed by atoms with Gasteiger partial charge in [0.2, 0.25) is 0 Å². The molecule has 0 aromatic carbocycles. The first kappa shape index (κ1) is 10.2. The molecule has 0 aliphatic heterocycles. The van der Waals surface area contributed by atoms with Crippen molar-refractivity contribution in [2.24, 2.45) is 0 Å². The van der Waals surface area contributed by atoms with Crippen LogP contribution in [0.25, 0.3) is 0 Å². The highest BCUT2D eigenvalue weighted by atomic mass is 32.1. The molecule has 0 radical (unpaired) electrons. The number of methoxy groups -OCH3 is 1. The quantitative estimate of drug-likeness (QED) is 0.500. The van der Waals surface area contributed by atoms with Gasteiger partial charge in [-0.25, -0.2) is 4.79 Å².